The van der Waals surface area contributed by atoms with Crippen LogP contribution in [0.2, 0.25) is 0 Å². The van der Waals surface area contributed by atoms with Gasteiger partial charge in [-0.1, -0.05) is 12.1 Å². The van der Waals surface area contributed by atoms with Gasteiger partial charge in [0.15, 0.2) is 0 Å². The molecule has 0 heterocycles. The molecule has 0 aromatic heterocycles. The van der Waals surface area contributed by atoms with Crippen molar-refractivity contribution in [2.45, 2.75) is 26.0 Å². The van der Waals surface area contributed by atoms with Gasteiger partial charge in [0.1, 0.15) is 5.75 Å². The van der Waals surface area contributed by atoms with E-state index in [4.69, 9.17) is 5.11 Å². The van der Waals surface area contributed by atoms with Crippen LogP contribution < -0.4 is 10.1 Å². The molecule has 0 aliphatic rings. The van der Waals surface area contributed by atoms with Crippen molar-refractivity contribution >= 4 is 11.9 Å². The first-order valence-electron chi connectivity index (χ1n) is 5.49. The van der Waals surface area contributed by atoms with Crippen LogP contribution in [0.5, 0.6) is 5.75 Å². The molecule has 1 aromatic carbocycles. The number of aliphatic carboxylic acids is 1. The summed E-state index contributed by atoms with van der Waals surface area (Å²) in [4.78, 5) is 21.5. The highest BCUT2D eigenvalue weighted by molar-refractivity contribution is 5.80. The first kappa shape index (κ1) is 14.9. The predicted octanol–water partition coefficient (Wildman–Crippen LogP) is 1.77. The van der Waals surface area contributed by atoms with Crippen molar-refractivity contribution in [1.82, 2.24) is 5.32 Å². The molecule has 1 amide bonds. The number of benzene rings is 1. The summed E-state index contributed by atoms with van der Waals surface area (Å²) in [7, 11) is 0. The molecular formula is C12H13F2NO4. The summed E-state index contributed by atoms with van der Waals surface area (Å²) in [5.41, 5.74) is 0.699. The van der Waals surface area contributed by atoms with Gasteiger partial charge in [0, 0.05) is 13.0 Å². The molecule has 0 unspecified atom stereocenters. The van der Waals surface area contributed by atoms with Crippen molar-refractivity contribution < 1.29 is 28.2 Å². The van der Waals surface area contributed by atoms with Crippen molar-refractivity contribution in [3.63, 3.8) is 0 Å². The summed E-state index contributed by atoms with van der Waals surface area (Å²) < 4.78 is 28.0. The van der Waals surface area contributed by atoms with Crippen molar-refractivity contribution in [2.24, 2.45) is 0 Å². The summed E-state index contributed by atoms with van der Waals surface area (Å²) in [6, 6.07) is 5.81. The summed E-state index contributed by atoms with van der Waals surface area (Å²) >= 11 is 0. The second-order valence-electron chi connectivity index (χ2n) is 3.69. The Morgan fingerprint density at radius 3 is 2.37 bits per heavy atom. The third kappa shape index (κ3) is 6.35. The third-order valence-corrected chi connectivity index (χ3v) is 2.20. The highest BCUT2D eigenvalue weighted by atomic mass is 19.3. The summed E-state index contributed by atoms with van der Waals surface area (Å²) in [6.45, 7) is -2.67. The number of ether oxygens (including phenoxy) is 1. The zero-order valence-corrected chi connectivity index (χ0v) is 9.94. The average Bonchev–Trinajstić information content (AvgIpc) is 2.35. The van der Waals surface area contributed by atoms with Gasteiger partial charge in [0.2, 0.25) is 5.91 Å². The predicted molar refractivity (Wildman–Crippen MR) is 61.8 cm³/mol. The SMILES string of the molecule is O=C(O)CCC(=O)NCc1ccc(OC(F)F)cc1. The number of carboxylic acid groups (broad SMARTS) is 1. The van der Waals surface area contributed by atoms with Gasteiger partial charge in [-0.15, -0.1) is 0 Å². The maximum Gasteiger partial charge on any atom is 0.387 e. The topological polar surface area (TPSA) is 75.6 Å². The van der Waals surface area contributed by atoms with Gasteiger partial charge in [-0.25, -0.2) is 0 Å². The Hall–Kier alpha value is -2.18. The Morgan fingerprint density at radius 1 is 1.21 bits per heavy atom. The molecule has 0 fully saturated rings. The zero-order chi connectivity index (χ0) is 14.3. The number of hydrogen-bond donors (Lipinski definition) is 2. The fourth-order valence-corrected chi connectivity index (χ4v) is 1.30. The number of rotatable bonds is 7. The summed E-state index contributed by atoms with van der Waals surface area (Å²) in [5.74, 6) is -1.38. The van der Waals surface area contributed by atoms with Crippen LogP contribution in [0.25, 0.3) is 0 Å². The third-order valence-electron chi connectivity index (χ3n) is 2.20. The number of nitrogens with one attached hydrogen (secondary N) is 1. The van der Waals surface area contributed by atoms with Crippen LogP contribution in [0, 0.1) is 0 Å². The van der Waals surface area contributed by atoms with Crippen LogP contribution in [0.1, 0.15) is 18.4 Å². The van der Waals surface area contributed by atoms with Gasteiger partial charge >= 0.3 is 12.6 Å². The van der Waals surface area contributed by atoms with Gasteiger partial charge < -0.3 is 15.2 Å². The van der Waals surface area contributed by atoms with Gasteiger partial charge in [-0.05, 0) is 17.7 Å². The van der Waals surface area contributed by atoms with E-state index in [2.05, 4.69) is 10.1 Å². The lowest BCUT2D eigenvalue weighted by atomic mass is 10.2. The second kappa shape index (κ2) is 7.30. The molecule has 1 aromatic rings. The largest absolute Gasteiger partial charge is 0.481 e. The second-order valence-corrected chi connectivity index (χ2v) is 3.69. The normalized spacial score (nSPS) is 10.3. The van der Waals surface area contributed by atoms with Crippen LogP contribution in [-0.2, 0) is 16.1 Å². The van der Waals surface area contributed by atoms with Crippen LogP contribution >= 0.6 is 0 Å². The molecule has 0 aliphatic carbocycles. The molecular weight excluding hydrogens is 260 g/mol. The van der Waals surface area contributed by atoms with Gasteiger partial charge in [0.25, 0.3) is 0 Å². The lowest BCUT2D eigenvalue weighted by Gasteiger charge is -2.07. The molecule has 0 spiro atoms. The van der Waals surface area contributed by atoms with E-state index in [0.29, 0.717) is 5.56 Å². The maximum absolute atomic E-state index is 11.9. The zero-order valence-electron chi connectivity index (χ0n) is 9.94. The van der Waals surface area contributed by atoms with Crippen molar-refractivity contribution in [3.05, 3.63) is 29.8 Å². The monoisotopic (exact) mass is 273 g/mol. The minimum atomic E-state index is -2.87. The van der Waals surface area contributed by atoms with E-state index in [-0.39, 0.29) is 31.0 Å². The van der Waals surface area contributed by atoms with Gasteiger partial charge in [-0.2, -0.15) is 8.78 Å². The molecule has 0 aliphatic heterocycles. The molecule has 0 saturated carbocycles. The van der Waals surface area contributed by atoms with E-state index in [1.807, 2.05) is 0 Å². The molecule has 7 heteroatoms. The quantitative estimate of drug-likeness (QED) is 0.793. The van der Waals surface area contributed by atoms with E-state index in [1.54, 1.807) is 0 Å². The number of carboxylic acids is 1. The molecule has 0 saturated heterocycles. The lowest BCUT2D eigenvalue weighted by molar-refractivity contribution is -0.138. The Balaban J connectivity index is 2.37. The molecule has 1 rings (SSSR count). The average molecular weight is 273 g/mol. The van der Waals surface area contributed by atoms with E-state index in [9.17, 15) is 18.4 Å². The molecule has 0 bridgehead atoms. The van der Waals surface area contributed by atoms with E-state index in [1.165, 1.54) is 24.3 Å². The fourth-order valence-electron chi connectivity index (χ4n) is 1.30. The van der Waals surface area contributed by atoms with Gasteiger partial charge in [-0.3, -0.25) is 9.59 Å². The molecule has 0 radical (unpaired) electrons. The van der Waals surface area contributed by atoms with Crippen molar-refractivity contribution in [1.29, 1.82) is 0 Å². The van der Waals surface area contributed by atoms with Crippen LogP contribution in [0.4, 0.5) is 8.78 Å². The lowest BCUT2D eigenvalue weighted by Crippen LogP contribution is -2.23. The molecule has 104 valence electrons. The molecule has 2 N–H and O–H groups in total. The number of amides is 1. The van der Waals surface area contributed by atoms with Crippen molar-refractivity contribution in [2.75, 3.05) is 0 Å². The van der Waals surface area contributed by atoms with Crippen LogP contribution in [0.3, 0.4) is 0 Å². The summed E-state index contributed by atoms with van der Waals surface area (Å²) in [6.07, 6.45) is -0.324. The highest BCUT2D eigenvalue weighted by Gasteiger charge is 2.06. The number of alkyl halides is 2. The molecule has 5 nitrogen and oxygen atoms in total. The smallest absolute Gasteiger partial charge is 0.387 e. The van der Waals surface area contributed by atoms with Crippen LogP contribution in [0.15, 0.2) is 24.3 Å². The fraction of sp³-hybridized carbons (Fsp3) is 0.333. The number of carbonyl (C=O) groups excluding carboxylic acids is 1. The minimum Gasteiger partial charge on any atom is -0.481 e. The first-order valence-corrected chi connectivity index (χ1v) is 5.49. The molecule has 19 heavy (non-hydrogen) atoms. The Morgan fingerprint density at radius 2 is 1.84 bits per heavy atom. The first-order chi connectivity index (χ1) is 8.97. The van der Waals surface area contributed by atoms with Crippen LogP contribution in [-0.4, -0.2) is 23.6 Å². The number of carbonyl (C=O) groups is 2. The molecule has 0 atom stereocenters. The number of halogens is 2. The van der Waals surface area contributed by atoms with E-state index < -0.39 is 12.6 Å². The Kier molecular flexibility index (Phi) is 5.72. The van der Waals surface area contributed by atoms with Gasteiger partial charge in [0.05, 0.1) is 6.42 Å². The highest BCUT2D eigenvalue weighted by Crippen LogP contribution is 2.14. The van der Waals surface area contributed by atoms with Crippen molar-refractivity contribution in [3.8, 4) is 5.75 Å². The van der Waals surface area contributed by atoms with E-state index >= 15 is 0 Å². The minimum absolute atomic E-state index is 0.0379. The Labute approximate surface area is 108 Å². The maximum atomic E-state index is 11.9. The Bertz CT molecular complexity index is 434. The summed E-state index contributed by atoms with van der Waals surface area (Å²) in [5, 5.41) is 10.9. The van der Waals surface area contributed by atoms with E-state index in [0.717, 1.165) is 0 Å². The number of hydrogen-bond acceptors (Lipinski definition) is 3. The standard InChI is InChI=1S/C12H13F2NO4/c13-12(14)19-9-3-1-8(2-4-9)7-15-10(16)5-6-11(17)18/h1-4,12H,5-7H2,(H,15,16)(H,17,18).